The zero-order chi connectivity index (χ0) is 12.9. The van der Waals surface area contributed by atoms with Gasteiger partial charge in [0, 0.05) is 38.5 Å². The average Bonchev–Trinajstić information content (AvgIpc) is 2.75. The second-order valence-electron chi connectivity index (χ2n) is 4.87. The highest BCUT2D eigenvalue weighted by atomic mass is 16.5. The summed E-state index contributed by atoms with van der Waals surface area (Å²) in [4.78, 5) is 4.36. The molecule has 0 aliphatic rings. The summed E-state index contributed by atoms with van der Waals surface area (Å²) in [5, 5.41) is 0. The number of nitrogens with one attached hydrogen (secondary N) is 1. The van der Waals surface area contributed by atoms with Crippen LogP contribution in [-0.4, -0.2) is 28.3 Å². The number of hydrazine groups is 1. The van der Waals surface area contributed by atoms with Gasteiger partial charge in [-0.2, -0.15) is 0 Å². The van der Waals surface area contributed by atoms with Crippen LogP contribution in [0.5, 0.6) is 0 Å². The third-order valence-corrected chi connectivity index (χ3v) is 3.10. The summed E-state index contributed by atoms with van der Waals surface area (Å²) in [6, 6.07) is 0.164. The summed E-state index contributed by atoms with van der Waals surface area (Å²) in [6.07, 6.45) is 5.47. The van der Waals surface area contributed by atoms with Gasteiger partial charge in [-0.15, -0.1) is 0 Å². The second kappa shape index (κ2) is 6.14. The van der Waals surface area contributed by atoms with E-state index in [1.165, 1.54) is 0 Å². The zero-order valence-electron chi connectivity index (χ0n) is 11.2. The van der Waals surface area contributed by atoms with Crippen LogP contribution in [0.4, 0.5) is 0 Å². The predicted molar refractivity (Wildman–Crippen MR) is 68.4 cm³/mol. The third-order valence-electron chi connectivity index (χ3n) is 3.10. The van der Waals surface area contributed by atoms with Crippen molar-refractivity contribution in [3.63, 3.8) is 0 Å². The van der Waals surface area contributed by atoms with Crippen molar-refractivity contribution in [2.75, 3.05) is 7.11 Å². The summed E-state index contributed by atoms with van der Waals surface area (Å²) in [5.74, 6) is 6.66. The van der Waals surface area contributed by atoms with Crippen molar-refractivity contribution in [3.8, 4) is 0 Å². The zero-order valence-corrected chi connectivity index (χ0v) is 11.2. The number of nitrogens with zero attached hydrogens (tertiary/aromatic N) is 2. The van der Waals surface area contributed by atoms with Gasteiger partial charge >= 0.3 is 0 Å². The minimum absolute atomic E-state index is 0.164. The van der Waals surface area contributed by atoms with Gasteiger partial charge in [0.2, 0.25) is 0 Å². The molecule has 3 N–H and O–H groups in total. The van der Waals surface area contributed by atoms with Crippen molar-refractivity contribution in [2.45, 2.75) is 51.8 Å². The molecule has 0 spiro atoms. The molecule has 0 saturated heterocycles. The molecule has 0 bridgehead atoms. The van der Waals surface area contributed by atoms with Crippen LogP contribution < -0.4 is 11.3 Å². The molecule has 1 unspecified atom stereocenters. The number of aryl methyl sites for hydroxylation is 1. The van der Waals surface area contributed by atoms with E-state index in [0.29, 0.717) is 0 Å². The Bertz CT molecular complexity index is 335. The van der Waals surface area contributed by atoms with Gasteiger partial charge < -0.3 is 9.30 Å². The van der Waals surface area contributed by atoms with E-state index in [1.54, 1.807) is 7.11 Å². The number of hydrogen-bond donors (Lipinski definition) is 2. The lowest BCUT2D eigenvalue weighted by Gasteiger charge is -2.28. The Labute approximate surface area is 103 Å². The molecular weight excluding hydrogens is 216 g/mol. The number of rotatable bonds is 7. The maximum Gasteiger partial charge on any atom is 0.110 e. The lowest BCUT2D eigenvalue weighted by Crippen LogP contribution is -2.43. The van der Waals surface area contributed by atoms with Gasteiger partial charge in [-0.25, -0.2) is 4.98 Å². The molecule has 0 amide bonds. The summed E-state index contributed by atoms with van der Waals surface area (Å²) < 4.78 is 7.55. The Morgan fingerprint density at radius 2 is 2.29 bits per heavy atom. The molecule has 5 heteroatoms. The molecule has 0 radical (unpaired) electrons. The molecule has 5 nitrogen and oxygen atoms in total. The first kappa shape index (κ1) is 14.2. The Kier molecular flexibility index (Phi) is 5.11. The molecule has 1 atom stereocenters. The van der Waals surface area contributed by atoms with Crippen LogP contribution >= 0.6 is 0 Å². The first-order valence-corrected chi connectivity index (χ1v) is 6.03. The SMILES string of the molecule is CCn1ccnc1CC(CC(C)(C)OC)NN. The molecule has 1 aromatic heterocycles. The topological polar surface area (TPSA) is 65.1 Å². The van der Waals surface area contributed by atoms with Crippen molar-refractivity contribution in [3.05, 3.63) is 18.2 Å². The normalized spacial score (nSPS) is 13.9. The summed E-state index contributed by atoms with van der Waals surface area (Å²) in [5.41, 5.74) is 2.67. The van der Waals surface area contributed by atoms with Crippen LogP contribution in [-0.2, 0) is 17.7 Å². The molecule has 0 saturated carbocycles. The first-order chi connectivity index (χ1) is 8.02. The molecule has 0 aliphatic carbocycles. The minimum atomic E-state index is -0.180. The number of hydrogen-bond acceptors (Lipinski definition) is 4. The fourth-order valence-corrected chi connectivity index (χ4v) is 1.91. The summed E-state index contributed by atoms with van der Waals surface area (Å²) in [7, 11) is 1.72. The number of aromatic nitrogens is 2. The average molecular weight is 240 g/mol. The highest BCUT2D eigenvalue weighted by molar-refractivity contribution is 4.96. The Morgan fingerprint density at radius 3 is 2.82 bits per heavy atom. The van der Waals surface area contributed by atoms with E-state index < -0.39 is 0 Å². The van der Waals surface area contributed by atoms with Crippen molar-refractivity contribution < 1.29 is 4.74 Å². The Hall–Kier alpha value is -0.910. The first-order valence-electron chi connectivity index (χ1n) is 6.03. The van der Waals surface area contributed by atoms with Gasteiger partial charge in [-0.3, -0.25) is 11.3 Å². The fourth-order valence-electron chi connectivity index (χ4n) is 1.91. The molecule has 0 fully saturated rings. The number of methoxy groups -OCH3 is 1. The van der Waals surface area contributed by atoms with Crippen molar-refractivity contribution >= 4 is 0 Å². The molecule has 1 heterocycles. The summed E-state index contributed by atoms with van der Waals surface area (Å²) >= 11 is 0. The largest absolute Gasteiger partial charge is 0.379 e. The maximum absolute atomic E-state index is 5.60. The molecule has 1 aromatic rings. The van der Waals surface area contributed by atoms with Crippen LogP contribution in [0.3, 0.4) is 0 Å². The number of ether oxygens (including phenoxy) is 1. The van der Waals surface area contributed by atoms with Gasteiger partial charge in [0.1, 0.15) is 5.82 Å². The Morgan fingerprint density at radius 1 is 1.59 bits per heavy atom. The maximum atomic E-state index is 5.60. The van der Waals surface area contributed by atoms with Crippen LogP contribution in [0.25, 0.3) is 0 Å². The lowest BCUT2D eigenvalue weighted by molar-refractivity contribution is 0.00690. The van der Waals surface area contributed by atoms with E-state index in [2.05, 4.69) is 35.7 Å². The van der Waals surface area contributed by atoms with E-state index in [9.17, 15) is 0 Å². The molecular formula is C12H24N4O. The lowest BCUT2D eigenvalue weighted by atomic mass is 9.97. The van der Waals surface area contributed by atoms with Gasteiger partial charge in [-0.05, 0) is 27.2 Å². The Balaban J connectivity index is 2.64. The van der Waals surface area contributed by atoms with E-state index in [-0.39, 0.29) is 11.6 Å². The van der Waals surface area contributed by atoms with Crippen molar-refractivity contribution in [1.82, 2.24) is 15.0 Å². The number of nitrogens with two attached hydrogens (primary N) is 1. The van der Waals surface area contributed by atoms with Gasteiger partial charge in [0.25, 0.3) is 0 Å². The van der Waals surface area contributed by atoms with E-state index >= 15 is 0 Å². The molecule has 17 heavy (non-hydrogen) atoms. The fraction of sp³-hybridized carbons (Fsp3) is 0.750. The van der Waals surface area contributed by atoms with Crippen LogP contribution in [0.2, 0.25) is 0 Å². The molecule has 1 rings (SSSR count). The van der Waals surface area contributed by atoms with Gasteiger partial charge in [0.05, 0.1) is 5.60 Å². The molecule has 0 aromatic carbocycles. The minimum Gasteiger partial charge on any atom is -0.379 e. The monoisotopic (exact) mass is 240 g/mol. The molecule has 0 aliphatic heterocycles. The van der Waals surface area contributed by atoms with Crippen molar-refractivity contribution in [2.24, 2.45) is 5.84 Å². The van der Waals surface area contributed by atoms with E-state index in [1.807, 2.05) is 12.4 Å². The van der Waals surface area contributed by atoms with Gasteiger partial charge in [0.15, 0.2) is 0 Å². The highest BCUT2D eigenvalue weighted by Gasteiger charge is 2.23. The predicted octanol–water partition coefficient (Wildman–Crippen LogP) is 1.09. The van der Waals surface area contributed by atoms with E-state index in [4.69, 9.17) is 10.6 Å². The number of imidazole rings is 1. The quantitative estimate of drug-likeness (QED) is 0.553. The molecule has 98 valence electrons. The standard InChI is InChI=1S/C12H24N4O/c1-5-16-7-6-14-11(16)8-10(15-13)9-12(2,3)17-4/h6-7,10,15H,5,8-9,13H2,1-4H3. The van der Waals surface area contributed by atoms with Crippen LogP contribution in [0.1, 0.15) is 33.0 Å². The summed E-state index contributed by atoms with van der Waals surface area (Å²) in [6.45, 7) is 7.16. The second-order valence-corrected chi connectivity index (χ2v) is 4.87. The van der Waals surface area contributed by atoms with E-state index in [0.717, 1.165) is 25.2 Å². The van der Waals surface area contributed by atoms with Crippen LogP contribution in [0.15, 0.2) is 12.4 Å². The smallest absolute Gasteiger partial charge is 0.110 e. The van der Waals surface area contributed by atoms with Crippen molar-refractivity contribution in [1.29, 1.82) is 0 Å². The third kappa shape index (κ3) is 4.11. The van der Waals surface area contributed by atoms with Crippen LogP contribution in [0, 0.1) is 0 Å². The highest BCUT2D eigenvalue weighted by Crippen LogP contribution is 2.17. The van der Waals surface area contributed by atoms with Gasteiger partial charge in [-0.1, -0.05) is 0 Å².